The molecule has 0 atom stereocenters. The number of halogens is 1. The van der Waals surface area contributed by atoms with E-state index in [1.807, 2.05) is 0 Å². The van der Waals surface area contributed by atoms with Crippen molar-refractivity contribution >= 4 is 5.69 Å². The summed E-state index contributed by atoms with van der Waals surface area (Å²) >= 11 is 0. The molecule has 0 heterocycles. The van der Waals surface area contributed by atoms with Crippen LogP contribution in [0.25, 0.3) is 0 Å². The molecule has 0 unspecified atom stereocenters. The minimum atomic E-state index is -0.608. The number of nitrogens with two attached hydrogens (primary N) is 1. The second kappa shape index (κ2) is 5.66. The van der Waals surface area contributed by atoms with Crippen molar-refractivity contribution in [3.8, 4) is 11.5 Å². The van der Waals surface area contributed by atoms with Crippen LogP contribution in [0.15, 0.2) is 36.4 Å². The van der Waals surface area contributed by atoms with E-state index in [2.05, 4.69) is 0 Å². The summed E-state index contributed by atoms with van der Waals surface area (Å²) in [5.41, 5.74) is 6.47. The Morgan fingerprint density at radius 3 is 2.75 bits per heavy atom. The molecule has 0 aliphatic rings. The SMILES string of the molecule is Cc1ccc(Oc2c(F)cccc2CN)c([N+](=O)[O-])c1. The van der Waals surface area contributed by atoms with Gasteiger partial charge in [-0.2, -0.15) is 0 Å². The fourth-order valence-corrected chi connectivity index (χ4v) is 1.79. The number of nitrogens with zero attached hydrogens (tertiary/aromatic N) is 1. The van der Waals surface area contributed by atoms with E-state index in [0.717, 1.165) is 5.56 Å². The second-order valence-corrected chi connectivity index (χ2v) is 4.26. The lowest BCUT2D eigenvalue weighted by atomic mass is 10.2. The van der Waals surface area contributed by atoms with Crippen LogP contribution in [0.2, 0.25) is 0 Å². The molecule has 0 saturated heterocycles. The first-order chi connectivity index (χ1) is 9.52. The highest BCUT2D eigenvalue weighted by Crippen LogP contribution is 2.34. The lowest BCUT2D eigenvalue weighted by Crippen LogP contribution is -2.02. The molecule has 5 nitrogen and oxygen atoms in total. The highest BCUT2D eigenvalue weighted by molar-refractivity contribution is 5.51. The van der Waals surface area contributed by atoms with E-state index in [4.69, 9.17) is 10.5 Å². The van der Waals surface area contributed by atoms with Gasteiger partial charge in [0.2, 0.25) is 5.75 Å². The molecule has 104 valence electrons. The van der Waals surface area contributed by atoms with Gasteiger partial charge < -0.3 is 10.5 Å². The van der Waals surface area contributed by atoms with Crippen molar-refractivity contribution in [2.75, 3.05) is 0 Å². The summed E-state index contributed by atoms with van der Waals surface area (Å²) in [4.78, 5) is 10.4. The molecule has 6 heteroatoms. The fourth-order valence-electron chi connectivity index (χ4n) is 1.79. The van der Waals surface area contributed by atoms with Crippen LogP contribution in [0.1, 0.15) is 11.1 Å². The lowest BCUT2D eigenvalue weighted by molar-refractivity contribution is -0.385. The van der Waals surface area contributed by atoms with Gasteiger partial charge in [0, 0.05) is 18.2 Å². The van der Waals surface area contributed by atoms with Gasteiger partial charge in [0.1, 0.15) is 0 Å². The number of hydrogen-bond donors (Lipinski definition) is 1. The Morgan fingerprint density at radius 1 is 1.35 bits per heavy atom. The number of benzene rings is 2. The summed E-state index contributed by atoms with van der Waals surface area (Å²) in [5.74, 6) is -0.704. The molecular formula is C14H13FN2O3. The molecule has 2 rings (SSSR count). The highest BCUT2D eigenvalue weighted by atomic mass is 19.1. The van der Waals surface area contributed by atoms with Crippen LogP contribution in [0.5, 0.6) is 11.5 Å². The van der Waals surface area contributed by atoms with E-state index >= 15 is 0 Å². The van der Waals surface area contributed by atoms with E-state index in [1.165, 1.54) is 24.3 Å². The summed E-state index contributed by atoms with van der Waals surface area (Å²) in [6.07, 6.45) is 0. The Balaban J connectivity index is 2.48. The second-order valence-electron chi connectivity index (χ2n) is 4.26. The molecule has 0 aromatic heterocycles. The average molecular weight is 276 g/mol. The van der Waals surface area contributed by atoms with Crippen molar-refractivity contribution in [2.45, 2.75) is 13.5 Å². The molecule has 0 saturated carbocycles. The molecule has 2 aromatic rings. The third-order valence-electron chi connectivity index (χ3n) is 2.79. The molecular weight excluding hydrogens is 263 g/mol. The zero-order chi connectivity index (χ0) is 14.7. The first kappa shape index (κ1) is 14.0. The molecule has 0 spiro atoms. The zero-order valence-corrected chi connectivity index (χ0v) is 10.8. The smallest absolute Gasteiger partial charge is 0.311 e. The first-order valence-corrected chi connectivity index (χ1v) is 5.93. The monoisotopic (exact) mass is 276 g/mol. The minimum absolute atomic E-state index is 0.0135. The number of aryl methyl sites for hydroxylation is 1. The number of hydrogen-bond acceptors (Lipinski definition) is 4. The van der Waals surface area contributed by atoms with Crippen molar-refractivity contribution in [2.24, 2.45) is 5.73 Å². The minimum Gasteiger partial charge on any atom is -0.447 e. The van der Waals surface area contributed by atoms with E-state index in [-0.39, 0.29) is 23.7 Å². The van der Waals surface area contributed by atoms with Gasteiger partial charge >= 0.3 is 5.69 Å². The third kappa shape index (κ3) is 2.75. The van der Waals surface area contributed by atoms with Crippen LogP contribution in [0, 0.1) is 22.9 Å². The molecule has 0 bridgehead atoms. The molecule has 0 amide bonds. The van der Waals surface area contributed by atoms with Crippen LogP contribution in [-0.2, 0) is 6.54 Å². The summed E-state index contributed by atoms with van der Waals surface area (Å²) in [7, 11) is 0. The van der Waals surface area contributed by atoms with Gasteiger partial charge in [-0.25, -0.2) is 4.39 Å². The predicted molar refractivity (Wildman–Crippen MR) is 72.2 cm³/mol. The van der Waals surface area contributed by atoms with Crippen LogP contribution in [0.3, 0.4) is 0 Å². The van der Waals surface area contributed by atoms with Crippen molar-refractivity contribution in [3.05, 3.63) is 63.5 Å². The van der Waals surface area contributed by atoms with E-state index in [0.29, 0.717) is 5.56 Å². The maximum atomic E-state index is 13.8. The normalized spacial score (nSPS) is 10.3. The zero-order valence-electron chi connectivity index (χ0n) is 10.8. The Kier molecular flexibility index (Phi) is 3.95. The fraction of sp³-hybridized carbons (Fsp3) is 0.143. The summed E-state index contributed by atoms with van der Waals surface area (Å²) in [6.45, 7) is 1.80. The number of para-hydroxylation sites is 1. The Labute approximate surface area is 114 Å². The lowest BCUT2D eigenvalue weighted by Gasteiger charge is -2.11. The summed E-state index contributed by atoms with van der Waals surface area (Å²) in [5, 5.41) is 11.0. The van der Waals surface area contributed by atoms with Crippen LogP contribution >= 0.6 is 0 Å². The topological polar surface area (TPSA) is 78.4 Å². The predicted octanol–water partition coefficient (Wildman–Crippen LogP) is 3.29. The van der Waals surface area contributed by atoms with Gasteiger partial charge in [0.15, 0.2) is 11.6 Å². The Hall–Kier alpha value is -2.47. The van der Waals surface area contributed by atoms with Gasteiger partial charge in [0.05, 0.1) is 4.92 Å². The maximum Gasteiger partial charge on any atom is 0.311 e. The molecule has 0 radical (unpaired) electrons. The molecule has 2 N–H and O–H groups in total. The number of ether oxygens (including phenoxy) is 1. The van der Waals surface area contributed by atoms with Crippen molar-refractivity contribution in [1.29, 1.82) is 0 Å². The Morgan fingerprint density at radius 2 is 2.10 bits per heavy atom. The quantitative estimate of drug-likeness (QED) is 0.686. The largest absolute Gasteiger partial charge is 0.447 e. The molecule has 0 aliphatic heterocycles. The molecule has 2 aromatic carbocycles. The summed E-state index contributed by atoms with van der Waals surface area (Å²) in [6, 6.07) is 8.81. The van der Waals surface area contributed by atoms with Crippen LogP contribution in [-0.4, -0.2) is 4.92 Å². The first-order valence-electron chi connectivity index (χ1n) is 5.93. The number of nitro groups is 1. The standard InChI is InChI=1S/C14H13FN2O3/c1-9-5-6-13(12(7-9)17(18)19)20-14-10(8-16)3-2-4-11(14)15/h2-7H,8,16H2,1H3. The van der Waals surface area contributed by atoms with Gasteiger partial charge in [0.25, 0.3) is 0 Å². The van der Waals surface area contributed by atoms with E-state index < -0.39 is 10.7 Å². The molecule has 0 aliphatic carbocycles. The van der Waals surface area contributed by atoms with Gasteiger partial charge in [-0.1, -0.05) is 18.2 Å². The average Bonchev–Trinajstić information content (AvgIpc) is 2.42. The Bertz CT molecular complexity index is 659. The van der Waals surface area contributed by atoms with Crippen LogP contribution in [0.4, 0.5) is 10.1 Å². The van der Waals surface area contributed by atoms with Gasteiger partial charge in [-0.05, 0) is 24.6 Å². The molecule has 0 fully saturated rings. The van der Waals surface area contributed by atoms with Crippen molar-refractivity contribution < 1.29 is 14.1 Å². The maximum absolute atomic E-state index is 13.8. The number of rotatable bonds is 4. The van der Waals surface area contributed by atoms with E-state index in [1.54, 1.807) is 19.1 Å². The van der Waals surface area contributed by atoms with Crippen LogP contribution < -0.4 is 10.5 Å². The summed E-state index contributed by atoms with van der Waals surface area (Å²) < 4.78 is 19.2. The number of nitro benzene ring substituents is 1. The third-order valence-corrected chi connectivity index (χ3v) is 2.79. The van der Waals surface area contributed by atoms with E-state index in [9.17, 15) is 14.5 Å². The highest BCUT2D eigenvalue weighted by Gasteiger charge is 2.18. The van der Waals surface area contributed by atoms with Gasteiger partial charge in [-0.15, -0.1) is 0 Å². The van der Waals surface area contributed by atoms with Gasteiger partial charge in [-0.3, -0.25) is 10.1 Å². The molecule has 20 heavy (non-hydrogen) atoms. The van der Waals surface area contributed by atoms with Crippen molar-refractivity contribution in [3.63, 3.8) is 0 Å². The van der Waals surface area contributed by atoms with Crippen molar-refractivity contribution in [1.82, 2.24) is 0 Å².